The lowest BCUT2D eigenvalue weighted by atomic mass is 10.1. The Bertz CT molecular complexity index is 905. The largest absolute Gasteiger partial charge is 0.508 e. The predicted molar refractivity (Wildman–Crippen MR) is 102 cm³/mol. The van der Waals surface area contributed by atoms with Crippen molar-refractivity contribution in [3.05, 3.63) is 76.7 Å². The number of hydrogen-bond acceptors (Lipinski definition) is 6. The summed E-state index contributed by atoms with van der Waals surface area (Å²) in [6, 6.07) is 17.7. The molecule has 1 N–H and O–H groups in total. The number of carbonyl (C=O) groups is 1. The summed E-state index contributed by atoms with van der Waals surface area (Å²) in [5.74, 6) is -0.684. The number of allylic oxidation sites excluding steroid dienone is 2. The third-order valence-electron chi connectivity index (χ3n) is 3.82. The minimum absolute atomic E-state index is 0.0231. The Labute approximate surface area is 163 Å². The summed E-state index contributed by atoms with van der Waals surface area (Å²) >= 11 is 0. The lowest BCUT2D eigenvalue weighted by molar-refractivity contribution is -0.119. The van der Waals surface area contributed by atoms with Gasteiger partial charge in [-0.25, -0.2) is 0 Å². The van der Waals surface area contributed by atoms with Crippen LogP contribution in [0.2, 0.25) is 0 Å². The number of aliphatic hydroxyl groups excluding tert-OH is 1. The van der Waals surface area contributed by atoms with Gasteiger partial charge in [-0.05, 0) is 23.8 Å². The maximum absolute atomic E-state index is 12.5. The van der Waals surface area contributed by atoms with E-state index in [1.165, 1.54) is 18.2 Å². The maximum atomic E-state index is 12.5. The number of Topliss-reactive ketones (excluding diaryl/α,β-unsaturated/α-hetero) is 1. The fourth-order valence-corrected chi connectivity index (χ4v) is 2.38. The molecule has 6 nitrogen and oxygen atoms in total. The molecule has 0 aromatic heterocycles. The van der Waals surface area contributed by atoms with Crippen molar-refractivity contribution < 1.29 is 19.4 Å². The summed E-state index contributed by atoms with van der Waals surface area (Å²) in [6.45, 7) is 2.23. The molecule has 0 bridgehead atoms. The Hall–Kier alpha value is -3.61. The number of rotatable bonds is 9. The third-order valence-corrected chi connectivity index (χ3v) is 3.82. The van der Waals surface area contributed by atoms with E-state index in [0.29, 0.717) is 6.61 Å². The van der Waals surface area contributed by atoms with Crippen molar-refractivity contribution in [3.63, 3.8) is 0 Å². The summed E-state index contributed by atoms with van der Waals surface area (Å²) in [4.78, 5) is 12.5. The second-order valence-corrected chi connectivity index (χ2v) is 5.91. The van der Waals surface area contributed by atoms with Crippen LogP contribution in [0.4, 0.5) is 0 Å². The molecule has 0 aliphatic heterocycles. The number of benzene rings is 2. The smallest absolute Gasteiger partial charge is 0.207 e. The van der Waals surface area contributed by atoms with E-state index in [2.05, 4.69) is 0 Å². The molecule has 6 heteroatoms. The Morgan fingerprint density at radius 1 is 1.07 bits per heavy atom. The van der Waals surface area contributed by atoms with Crippen LogP contribution >= 0.6 is 0 Å². The number of nitrogens with zero attached hydrogens (tertiary/aromatic N) is 2. The molecule has 2 aromatic rings. The molecule has 2 rings (SSSR count). The highest BCUT2D eigenvalue weighted by molar-refractivity contribution is 5.94. The molecule has 0 aliphatic carbocycles. The average molecular weight is 376 g/mol. The van der Waals surface area contributed by atoms with Crippen LogP contribution in [0.1, 0.15) is 36.5 Å². The molecule has 0 fully saturated rings. The molecule has 0 heterocycles. The van der Waals surface area contributed by atoms with Gasteiger partial charge in [0.1, 0.15) is 11.5 Å². The highest BCUT2D eigenvalue weighted by Gasteiger charge is 2.18. The zero-order valence-corrected chi connectivity index (χ0v) is 15.5. The second-order valence-electron chi connectivity index (χ2n) is 5.91. The minimum Gasteiger partial charge on any atom is -0.508 e. The van der Waals surface area contributed by atoms with E-state index in [0.717, 1.165) is 5.56 Å². The Morgan fingerprint density at radius 3 is 2.29 bits per heavy atom. The van der Waals surface area contributed by atoms with Crippen LogP contribution in [0, 0.1) is 22.7 Å². The average Bonchev–Trinajstić information content (AvgIpc) is 2.74. The first-order valence-electron chi connectivity index (χ1n) is 8.77. The van der Waals surface area contributed by atoms with Crippen molar-refractivity contribution in [1.82, 2.24) is 0 Å². The number of aliphatic hydroxyl groups is 1. The summed E-state index contributed by atoms with van der Waals surface area (Å²) < 4.78 is 11.1. The van der Waals surface area contributed by atoms with Gasteiger partial charge in [-0.2, -0.15) is 10.5 Å². The van der Waals surface area contributed by atoms with Gasteiger partial charge in [0.15, 0.2) is 0 Å². The number of hydrogen-bond donors (Lipinski definition) is 1. The molecule has 0 saturated heterocycles. The molecule has 0 atom stereocenters. The highest BCUT2D eigenvalue weighted by atomic mass is 16.5. The normalized spacial score (nSPS) is 11.1. The zero-order valence-electron chi connectivity index (χ0n) is 15.5. The first kappa shape index (κ1) is 20.7. The zero-order chi connectivity index (χ0) is 20.4. The van der Waals surface area contributed by atoms with Gasteiger partial charge in [-0.15, -0.1) is 0 Å². The van der Waals surface area contributed by atoms with Gasteiger partial charge in [-0.1, -0.05) is 37.3 Å². The molecular formula is C22H20N2O4. The van der Waals surface area contributed by atoms with Crippen molar-refractivity contribution in [1.29, 1.82) is 10.5 Å². The summed E-state index contributed by atoms with van der Waals surface area (Å²) in [6.07, 6.45) is 0.226. The van der Waals surface area contributed by atoms with Gasteiger partial charge in [0.2, 0.25) is 11.5 Å². The van der Waals surface area contributed by atoms with Crippen LogP contribution in [0.25, 0.3) is 0 Å². The Kier molecular flexibility index (Phi) is 7.77. The Balaban J connectivity index is 2.05. The van der Waals surface area contributed by atoms with Gasteiger partial charge in [0.05, 0.1) is 36.5 Å². The van der Waals surface area contributed by atoms with E-state index in [1.807, 2.05) is 42.5 Å². The molecule has 0 radical (unpaired) electrons. The number of ether oxygens (including phenoxy) is 2. The first-order chi connectivity index (χ1) is 13.6. The Morgan fingerprint density at radius 2 is 1.71 bits per heavy atom. The molecule has 0 spiro atoms. The standard InChI is InChI=1S/C22H20N2O4/c1-2-20(25)22(28-19-11-17(13-23)10-18(12-19)14-24)21(26)8-9-27-15-16-6-4-3-5-7-16/h3-7,10-12,25H,2,8-9,15H2,1H3. The highest BCUT2D eigenvalue weighted by Crippen LogP contribution is 2.21. The molecular weight excluding hydrogens is 356 g/mol. The van der Waals surface area contributed by atoms with E-state index < -0.39 is 5.78 Å². The molecule has 28 heavy (non-hydrogen) atoms. The van der Waals surface area contributed by atoms with Crippen molar-refractivity contribution in [2.24, 2.45) is 0 Å². The fraction of sp³-hybridized carbons (Fsp3) is 0.227. The van der Waals surface area contributed by atoms with Crippen LogP contribution in [-0.4, -0.2) is 17.5 Å². The number of carbonyl (C=O) groups excluding carboxylic acids is 1. The van der Waals surface area contributed by atoms with Crippen LogP contribution < -0.4 is 4.74 Å². The first-order valence-corrected chi connectivity index (χ1v) is 8.77. The summed E-state index contributed by atoms with van der Waals surface area (Å²) in [7, 11) is 0. The molecule has 2 aromatic carbocycles. The third kappa shape index (κ3) is 5.98. The SMILES string of the molecule is CCC(O)=C(Oc1cc(C#N)cc(C#N)c1)C(=O)CCOCc1ccccc1. The molecule has 0 aliphatic rings. The van der Waals surface area contributed by atoms with Crippen molar-refractivity contribution >= 4 is 5.78 Å². The van der Waals surface area contributed by atoms with Gasteiger partial charge in [-0.3, -0.25) is 4.79 Å². The van der Waals surface area contributed by atoms with Crippen LogP contribution in [-0.2, 0) is 16.1 Å². The number of nitriles is 2. The molecule has 0 amide bonds. The van der Waals surface area contributed by atoms with Crippen molar-refractivity contribution in [3.8, 4) is 17.9 Å². The molecule has 0 saturated carbocycles. The topological polar surface area (TPSA) is 103 Å². The van der Waals surface area contributed by atoms with Gasteiger partial charge >= 0.3 is 0 Å². The fourth-order valence-electron chi connectivity index (χ4n) is 2.38. The van der Waals surface area contributed by atoms with E-state index in [1.54, 1.807) is 6.92 Å². The quantitative estimate of drug-likeness (QED) is 0.400. The van der Waals surface area contributed by atoms with Gasteiger partial charge < -0.3 is 14.6 Å². The van der Waals surface area contributed by atoms with Gasteiger partial charge in [0.25, 0.3) is 0 Å². The molecule has 0 unspecified atom stereocenters. The maximum Gasteiger partial charge on any atom is 0.207 e. The predicted octanol–water partition coefficient (Wildman–Crippen LogP) is 4.16. The summed E-state index contributed by atoms with van der Waals surface area (Å²) in [5.41, 5.74) is 1.45. The second kappa shape index (κ2) is 10.5. The minimum atomic E-state index is -0.423. The van der Waals surface area contributed by atoms with Crippen LogP contribution in [0.5, 0.6) is 5.75 Å². The van der Waals surface area contributed by atoms with Gasteiger partial charge in [0, 0.05) is 12.8 Å². The van der Waals surface area contributed by atoms with E-state index >= 15 is 0 Å². The van der Waals surface area contributed by atoms with E-state index in [-0.39, 0.29) is 47.8 Å². The lowest BCUT2D eigenvalue weighted by Gasteiger charge is -2.12. The van der Waals surface area contributed by atoms with E-state index in [4.69, 9.17) is 20.0 Å². The van der Waals surface area contributed by atoms with Crippen molar-refractivity contribution in [2.75, 3.05) is 6.61 Å². The molecule has 142 valence electrons. The monoisotopic (exact) mass is 376 g/mol. The van der Waals surface area contributed by atoms with Crippen LogP contribution in [0.3, 0.4) is 0 Å². The van der Waals surface area contributed by atoms with Crippen LogP contribution in [0.15, 0.2) is 60.0 Å². The van der Waals surface area contributed by atoms with Crippen molar-refractivity contribution in [2.45, 2.75) is 26.4 Å². The number of ketones is 1. The van der Waals surface area contributed by atoms with E-state index in [9.17, 15) is 9.90 Å². The lowest BCUT2D eigenvalue weighted by Crippen LogP contribution is -2.15. The summed E-state index contributed by atoms with van der Waals surface area (Å²) in [5, 5.41) is 28.2.